The second kappa shape index (κ2) is 10.3. The van der Waals surface area contributed by atoms with Crippen LogP contribution in [0.2, 0.25) is 0 Å². The number of carbonyl (C=O) groups excluding carboxylic acids is 1. The van der Waals surface area contributed by atoms with Gasteiger partial charge in [-0.15, -0.1) is 0 Å². The molecule has 1 aromatic heterocycles. The van der Waals surface area contributed by atoms with Crippen molar-refractivity contribution in [1.29, 1.82) is 0 Å². The maximum absolute atomic E-state index is 11.9. The molecule has 0 saturated carbocycles. The number of rotatable bonds is 7. The highest BCUT2D eigenvalue weighted by Crippen LogP contribution is 2.39. The molecule has 3 atom stereocenters. The summed E-state index contributed by atoms with van der Waals surface area (Å²) in [5.41, 5.74) is 8.75. The molecule has 0 radical (unpaired) electrons. The lowest BCUT2D eigenvalue weighted by atomic mass is 9.97. The SMILES string of the molecule is C[C@H](O)C(=O)N1CCN(CCC2COc3cc(Oc4ccc(C5CCNN5)cn4)ccc32)CC1. The van der Waals surface area contributed by atoms with E-state index in [1.807, 2.05) is 30.5 Å². The van der Waals surface area contributed by atoms with E-state index in [2.05, 4.69) is 26.8 Å². The van der Waals surface area contributed by atoms with Gasteiger partial charge in [-0.05, 0) is 37.9 Å². The van der Waals surface area contributed by atoms with E-state index in [-0.39, 0.29) is 5.91 Å². The fourth-order valence-electron chi connectivity index (χ4n) is 4.87. The van der Waals surface area contributed by atoms with E-state index in [4.69, 9.17) is 9.47 Å². The quantitative estimate of drug-likeness (QED) is 0.567. The number of nitrogens with zero attached hydrogens (tertiary/aromatic N) is 3. The second-order valence-corrected chi connectivity index (χ2v) is 9.28. The van der Waals surface area contributed by atoms with Crippen LogP contribution in [0, 0.1) is 0 Å². The molecule has 3 aliphatic rings. The van der Waals surface area contributed by atoms with Crippen LogP contribution >= 0.6 is 0 Å². The van der Waals surface area contributed by atoms with Crippen LogP contribution in [-0.2, 0) is 4.79 Å². The van der Waals surface area contributed by atoms with Crippen molar-refractivity contribution in [3.63, 3.8) is 0 Å². The number of carbonyl (C=O) groups is 1. The zero-order chi connectivity index (χ0) is 23.5. The number of hydrogen-bond acceptors (Lipinski definition) is 8. The summed E-state index contributed by atoms with van der Waals surface area (Å²) < 4.78 is 11.9. The van der Waals surface area contributed by atoms with Crippen molar-refractivity contribution in [1.82, 2.24) is 25.6 Å². The monoisotopic (exact) mass is 467 g/mol. The average Bonchev–Trinajstić information content (AvgIpc) is 3.53. The van der Waals surface area contributed by atoms with Gasteiger partial charge in [0.1, 0.15) is 17.6 Å². The van der Waals surface area contributed by atoms with Gasteiger partial charge in [-0.25, -0.2) is 4.98 Å². The molecule has 4 heterocycles. The lowest BCUT2D eigenvalue weighted by Crippen LogP contribution is -2.51. The summed E-state index contributed by atoms with van der Waals surface area (Å²) in [5.74, 6) is 2.35. The summed E-state index contributed by atoms with van der Waals surface area (Å²) in [6.07, 6.45) is 2.99. The molecular formula is C25H33N5O4. The molecule has 182 valence electrons. The first-order chi connectivity index (χ1) is 16.6. The highest BCUT2D eigenvalue weighted by molar-refractivity contribution is 5.80. The smallest absolute Gasteiger partial charge is 0.251 e. The predicted molar refractivity (Wildman–Crippen MR) is 127 cm³/mol. The van der Waals surface area contributed by atoms with Crippen molar-refractivity contribution >= 4 is 5.91 Å². The molecule has 2 unspecified atom stereocenters. The van der Waals surface area contributed by atoms with E-state index < -0.39 is 6.10 Å². The number of fused-ring (bicyclic) bond motifs is 1. The molecule has 0 aliphatic carbocycles. The summed E-state index contributed by atoms with van der Waals surface area (Å²) in [4.78, 5) is 20.5. The standard InChI is InChI=1S/C25H33N5O4/c1-17(31)25(32)30-12-10-29(11-13-30)9-7-19-16-33-23-14-20(3-4-21(19)23)34-24-5-2-18(15-26-24)22-6-8-27-28-22/h2-5,14-15,17,19,22,27-28,31H,6-13,16H2,1H3/t17-,19?,22?/m0/s1. The van der Waals surface area contributed by atoms with Crippen LogP contribution in [-0.4, -0.2) is 77.8 Å². The average molecular weight is 468 g/mol. The van der Waals surface area contributed by atoms with Crippen LogP contribution in [0.5, 0.6) is 17.4 Å². The Bertz CT molecular complexity index is 985. The zero-order valence-electron chi connectivity index (χ0n) is 19.6. The molecule has 5 rings (SSSR count). The third-order valence-electron chi connectivity index (χ3n) is 6.92. The molecule has 0 bridgehead atoms. The van der Waals surface area contributed by atoms with Gasteiger partial charge in [0.05, 0.1) is 6.61 Å². The molecule has 3 N–H and O–H groups in total. The van der Waals surface area contributed by atoms with E-state index >= 15 is 0 Å². The molecule has 34 heavy (non-hydrogen) atoms. The minimum atomic E-state index is -0.922. The summed E-state index contributed by atoms with van der Waals surface area (Å²) in [7, 11) is 0. The van der Waals surface area contributed by atoms with Gasteiger partial charge in [0.25, 0.3) is 5.91 Å². The third kappa shape index (κ3) is 5.17. The topological polar surface area (TPSA) is 99.2 Å². The maximum atomic E-state index is 11.9. The van der Waals surface area contributed by atoms with Gasteiger partial charge >= 0.3 is 0 Å². The highest BCUT2D eigenvalue weighted by atomic mass is 16.5. The molecule has 1 amide bonds. The number of hydrazine groups is 1. The number of ether oxygens (including phenoxy) is 2. The Morgan fingerprint density at radius 2 is 2.12 bits per heavy atom. The third-order valence-corrected chi connectivity index (χ3v) is 6.92. The normalized spacial score (nSPS) is 23.4. The second-order valence-electron chi connectivity index (χ2n) is 9.28. The van der Waals surface area contributed by atoms with Gasteiger partial charge in [-0.1, -0.05) is 12.1 Å². The Kier molecular flexibility index (Phi) is 6.96. The van der Waals surface area contributed by atoms with E-state index in [1.165, 1.54) is 12.5 Å². The molecule has 2 aromatic rings. The van der Waals surface area contributed by atoms with Gasteiger partial charge in [0.15, 0.2) is 0 Å². The minimum absolute atomic E-state index is 0.176. The molecule has 3 aliphatic heterocycles. The minimum Gasteiger partial charge on any atom is -0.493 e. The van der Waals surface area contributed by atoms with Gasteiger partial charge in [-0.2, -0.15) is 0 Å². The first-order valence-electron chi connectivity index (χ1n) is 12.1. The molecule has 1 aromatic carbocycles. The van der Waals surface area contributed by atoms with Crippen LogP contribution < -0.4 is 20.3 Å². The molecule has 2 saturated heterocycles. The van der Waals surface area contributed by atoms with E-state index in [1.54, 1.807) is 4.90 Å². The fraction of sp³-hybridized carbons (Fsp3) is 0.520. The van der Waals surface area contributed by atoms with Gasteiger partial charge in [0.2, 0.25) is 5.88 Å². The van der Waals surface area contributed by atoms with Crippen molar-refractivity contribution in [2.45, 2.75) is 37.8 Å². The van der Waals surface area contributed by atoms with Gasteiger partial charge in [0, 0.05) is 68.6 Å². The van der Waals surface area contributed by atoms with Crippen LogP contribution in [0.25, 0.3) is 0 Å². The number of benzene rings is 1. The van der Waals surface area contributed by atoms with Gasteiger partial charge in [-0.3, -0.25) is 20.5 Å². The fourth-order valence-corrected chi connectivity index (χ4v) is 4.87. The number of nitrogens with one attached hydrogen (secondary N) is 2. The Morgan fingerprint density at radius 3 is 2.82 bits per heavy atom. The van der Waals surface area contributed by atoms with Crippen molar-refractivity contribution < 1.29 is 19.4 Å². The molecule has 0 spiro atoms. The van der Waals surface area contributed by atoms with Crippen LogP contribution in [0.15, 0.2) is 36.5 Å². The van der Waals surface area contributed by atoms with Crippen molar-refractivity contribution in [2.24, 2.45) is 0 Å². The number of hydrogen-bond donors (Lipinski definition) is 3. The molecule has 9 nitrogen and oxygen atoms in total. The van der Waals surface area contributed by atoms with Crippen molar-refractivity contribution in [2.75, 3.05) is 45.9 Å². The van der Waals surface area contributed by atoms with E-state index in [0.29, 0.717) is 37.5 Å². The number of piperazine rings is 1. The Hall–Kier alpha value is -2.72. The summed E-state index contributed by atoms with van der Waals surface area (Å²) in [6, 6.07) is 10.3. The van der Waals surface area contributed by atoms with E-state index in [0.717, 1.165) is 56.1 Å². The summed E-state index contributed by atoms with van der Waals surface area (Å²) in [5, 5.41) is 9.50. The highest BCUT2D eigenvalue weighted by Gasteiger charge is 2.27. The van der Waals surface area contributed by atoms with Crippen molar-refractivity contribution in [3.8, 4) is 17.4 Å². The van der Waals surface area contributed by atoms with Crippen LogP contribution in [0.1, 0.15) is 42.9 Å². The molecular weight excluding hydrogens is 434 g/mol. The van der Waals surface area contributed by atoms with Gasteiger partial charge < -0.3 is 19.5 Å². The molecule has 9 heteroatoms. The molecule has 2 fully saturated rings. The first kappa shape index (κ1) is 23.0. The summed E-state index contributed by atoms with van der Waals surface area (Å²) >= 11 is 0. The Balaban J connectivity index is 1.12. The first-order valence-corrected chi connectivity index (χ1v) is 12.1. The van der Waals surface area contributed by atoms with Crippen molar-refractivity contribution in [3.05, 3.63) is 47.7 Å². The zero-order valence-corrected chi connectivity index (χ0v) is 19.6. The number of aliphatic hydroxyl groups excluding tert-OH is 1. The number of aliphatic hydroxyl groups is 1. The summed E-state index contributed by atoms with van der Waals surface area (Å²) in [6.45, 7) is 7.15. The largest absolute Gasteiger partial charge is 0.493 e. The lowest BCUT2D eigenvalue weighted by Gasteiger charge is -2.35. The van der Waals surface area contributed by atoms with Crippen LogP contribution in [0.3, 0.4) is 0 Å². The predicted octanol–water partition coefficient (Wildman–Crippen LogP) is 1.80. The Labute approximate surface area is 200 Å². The van der Waals surface area contributed by atoms with Crippen LogP contribution in [0.4, 0.5) is 0 Å². The number of pyridine rings is 1. The number of aromatic nitrogens is 1. The van der Waals surface area contributed by atoms with E-state index in [9.17, 15) is 9.90 Å². The maximum Gasteiger partial charge on any atom is 0.251 e. The Morgan fingerprint density at radius 1 is 1.26 bits per heavy atom. The number of amides is 1. The lowest BCUT2D eigenvalue weighted by molar-refractivity contribution is -0.141.